The van der Waals surface area contributed by atoms with Gasteiger partial charge in [0.2, 0.25) is 0 Å². The van der Waals surface area contributed by atoms with E-state index >= 15 is 0 Å². The highest BCUT2D eigenvalue weighted by atomic mass is 19.4. The van der Waals surface area contributed by atoms with Gasteiger partial charge in [0, 0.05) is 19.6 Å². The van der Waals surface area contributed by atoms with Crippen molar-refractivity contribution in [1.82, 2.24) is 9.80 Å². The molecule has 0 bridgehead atoms. The molecule has 2 aliphatic heterocycles. The molecule has 2 aliphatic rings. The zero-order valence-corrected chi connectivity index (χ0v) is 8.12. The lowest BCUT2D eigenvalue weighted by Gasteiger charge is -2.36. The van der Waals surface area contributed by atoms with Crippen molar-refractivity contribution in [2.45, 2.75) is 12.2 Å². The molecule has 1 unspecified atom stereocenters. The van der Waals surface area contributed by atoms with Crippen LogP contribution in [0.25, 0.3) is 4.95 Å². The molecule has 0 N–H and O–H groups in total. The average molecular weight is 219 g/mol. The van der Waals surface area contributed by atoms with Crippen LogP contribution in [0, 0.1) is 6.07 Å². The first kappa shape index (κ1) is 10.2. The molecular formula is C8H10F3N4+. The molecule has 0 saturated carbocycles. The Morgan fingerprint density at radius 2 is 2.20 bits per heavy atom. The molecule has 0 spiro atoms. The fourth-order valence-electron chi connectivity index (χ4n) is 1.70. The van der Waals surface area contributed by atoms with Gasteiger partial charge in [0.25, 0.3) is 5.84 Å². The van der Waals surface area contributed by atoms with Crippen LogP contribution in [-0.2, 0) is 0 Å². The molecule has 4 nitrogen and oxygen atoms in total. The van der Waals surface area contributed by atoms with E-state index in [1.807, 2.05) is 11.9 Å². The Kier molecular flexibility index (Phi) is 2.31. The standard InChI is InChI=1S/C8H10F3N4/c1-14-2-3-15-6(5-14)4-12-13-7(15)8(9,10)11/h6H,2-3,5H2,1H3/q+1. The van der Waals surface area contributed by atoms with Crippen LogP contribution in [0.2, 0.25) is 0 Å². The fraction of sp³-hybridized carbons (Fsp3) is 0.750. The van der Waals surface area contributed by atoms with Gasteiger partial charge in [0.15, 0.2) is 11.1 Å². The van der Waals surface area contributed by atoms with Crippen LogP contribution >= 0.6 is 0 Å². The van der Waals surface area contributed by atoms with Gasteiger partial charge in [0.1, 0.15) is 4.95 Å². The summed E-state index contributed by atoms with van der Waals surface area (Å²) < 4.78 is 37.6. The molecule has 0 aromatic heterocycles. The minimum atomic E-state index is -4.43. The second kappa shape index (κ2) is 3.38. The lowest BCUT2D eigenvalue weighted by molar-refractivity contribution is -0.0722. The Bertz CT molecular complexity index is 351. The van der Waals surface area contributed by atoms with Crippen molar-refractivity contribution in [3.05, 3.63) is 4.95 Å². The molecule has 0 amide bonds. The number of fused-ring (bicyclic) bond motifs is 1. The number of amidine groups is 1. The quantitative estimate of drug-likeness (QED) is 0.602. The summed E-state index contributed by atoms with van der Waals surface area (Å²) in [7, 11) is 1.86. The van der Waals surface area contributed by atoms with E-state index in [9.17, 15) is 13.2 Å². The summed E-state index contributed by atoms with van der Waals surface area (Å²) in [5.74, 6) is -0.903. The minimum absolute atomic E-state index is 0.308. The zero-order valence-electron chi connectivity index (χ0n) is 8.12. The van der Waals surface area contributed by atoms with E-state index in [1.54, 1.807) is 0 Å². The Morgan fingerprint density at radius 1 is 1.47 bits per heavy atom. The molecular weight excluding hydrogens is 209 g/mol. The number of halogens is 3. The first-order chi connectivity index (χ1) is 6.98. The molecule has 82 valence electrons. The van der Waals surface area contributed by atoms with Gasteiger partial charge in [-0.3, -0.25) is 0 Å². The number of hydrogen-bond acceptors (Lipinski definition) is 3. The molecule has 1 fully saturated rings. The van der Waals surface area contributed by atoms with Crippen LogP contribution in [0.1, 0.15) is 0 Å². The lowest BCUT2D eigenvalue weighted by Crippen LogP contribution is -2.57. The highest BCUT2D eigenvalue weighted by Gasteiger charge is 2.48. The second-order valence-electron chi connectivity index (χ2n) is 3.62. The molecule has 7 heteroatoms. The van der Waals surface area contributed by atoms with E-state index in [2.05, 4.69) is 16.1 Å². The van der Waals surface area contributed by atoms with E-state index in [1.165, 1.54) is 4.90 Å². The van der Waals surface area contributed by atoms with Crippen molar-refractivity contribution in [2.75, 3.05) is 26.7 Å². The Morgan fingerprint density at radius 3 is 2.87 bits per heavy atom. The average Bonchev–Trinajstić information content (AvgIpc) is 2.15. The predicted octanol–water partition coefficient (Wildman–Crippen LogP) is 0.825. The van der Waals surface area contributed by atoms with Crippen LogP contribution in [-0.4, -0.2) is 54.5 Å². The van der Waals surface area contributed by atoms with Crippen molar-refractivity contribution < 1.29 is 13.2 Å². The molecule has 0 radical (unpaired) electrons. The highest BCUT2D eigenvalue weighted by Crippen LogP contribution is 2.25. The first-order valence-electron chi connectivity index (χ1n) is 4.54. The summed E-state index contributed by atoms with van der Waals surface area (Å²) in [6.45, 7) is 1.40. The Hall–Kier alpha value is -1.29. The largest absolute Gasteiger partial charge is 0.456 e. The van der Waals surface area contributed by atoms with E-state index < -0.39 is 18.1 Å². The maximum absolute atomic E-state index is 12.5. The van der Waals surface area contributed by atoms with Gasteiger partial charge in [-0.05, 0) is 7.05 Å². The number of rotatable bonds is 0. The Balaban J connectivity index is 2.23. The van der Waals surface area contributed by atoms with Crippen molar-refractivity contribution in [3.63, 3.8) is 0 Å². The van der Waals surface area contributed by atoms with E-state index in [-0.39, 0.29) is 0 Å². The maximum atomic E-state index is 12.5. The van der Waals surface area contributed by atoms with Crippen LogP contribution in [0.4, 0.5) is 13.2 Å². The van der Waals surface area contributed by atoms with Crippen LogP contribution in [0.15, 0.2) is 5.10 Å². The van der Waals surface area contributed by atoms with Gasteiger partial charge in [-0.25, -0.2) is 0 Å². The van der Waals surface area contributed by atoms with Crippen molar-refractivity contribution in [1.29, 1.82) is 0 Å². The van der Waals surface area contributed by atoms with Gasteiger partial charge in [-0.15, -0.1) is 0 Å². The van der Waals surface area contributed by atoms with Crippen molar-refractivity contribution in [2.24, 2.45) is 5.10 Å². The monoisotopic (exact) mass is 219 g/mol. The van der Waals surface area contributed by atoms with E-state index in [0.29, 0.717) is 19.6 Å². The molecule has 15 heavy (non-hydrogen) atoms. The predicted molar refractivity (Wildman–Crippen MR) is 48.7 cm³/mol. The normalized spacial score (nSPS) is 26.5. The first-order valence-corrected chi connectivity index (χ1v) is 4.54. The van der Waals surface area contributed by atoms with Gasteiger partial charge in [0.05, 0.1) is 0 Å². The lowest BCUT2D eigenvalue weighted by atomic mass is 10.2. The maximum Gasteiger partial charge on any atom is 0.456 e. The summed E-state index contributed by atoms with van der Waals surface area (Å²) in [4.78, 5) is 6.46. The van der Waals surface area contributed by atoms with Crippen LogP contribution in [0.3, 0.4) is 0 Å². The highest BCUT2D eigenvalue weighted by molar-refractivity contribution is 5.89. The molecule has 0 aromatic carbocycles. The summed E-state index contributed by atoms with van der Waals surface area (Å²) in [6.07, 6.45) is -4.43. The molecule has 1 saturated heterocycles. The molecule has 0 aliphatic carbocycles. The van der Waals surface area contributed by atoms with Crippen LogP contribution < -0.4 is 0 Å². The number of piperazine rings is 1. The van der Waals surface area contributed by atoms with Gasteiger partial charge >= 0.3 is 12.2 Å². The SMILES string of the molecule is CN1CCN2C(C(F)(F)F)=N[N+]#CC2C1. The number of nitrogens with zero attached hydrogens (tertiary/aromatic N) is 4. The molecule has 2 rings (SSSR count). The molecule has 1 atom stereocenters. The Labute approximate surface area is 84.8 Å². The van der Waals surface area contributed by atoms with Crippen LogP contribution in [0.5, 0.6) is 0 Å². The second-order valence-corrected chi connectivity index (χ2v) is 3.62. The minimum Gasteiger partial charge on any atom is -0.324 e. The zero-order chi connectivity index (χ0) is 11.1. The van der Waals surface area contributed by atoms with Gasteiger partial charge < -0.3 is 9.80 Å². The van der Waals surface area contributed by atoms with Crippen molar-refractivity contribution >= 4 is 5.84 Å². The number of alkyl halides is 3. The van der Waals surface area contributed by atoms with E-state index in [4.69, 9.17) is 0 Å². The summed E-state index contributed by atoms with van der Waals surface area (Å²) >= 11 is 0. The van der Waals surface area contributed by atoms with Gasteiger partial charge in [-0.1, -0.05) is 0 Å². The fourth-order valence-corrected chi connectivity index (χ4v) is 1.70. The summed E-state index contributed by atoms with van der Waals surface area (Å²) in [5.41, 5.74) is 0. The molecule has 0 aromatic rings. The third kappa shape index (κ3) is 1.90. The van der Waals surface area contributed by atoms with E-state index in [0.717, 1.165) is 0 Å². The van der Waals surface area contributed by atoms with Gasteiger partial charge in [-0.2, -0.15) is 13.2 Å². The smallest absolute Gasteiger partial charge is 0.324 e. The molecule has 2 heterocycles. The summed E-state index contributed by atoms with van der Waals surface area (Å²) in [6, 6.07) is 2.14. The topological polar surface area (TPSA) is 23.2 Å². The third-order valence-corrected chi connectivity index (χ3v) is 2.46. The summed E-state index contributed by atoms with van der Waals surface area (Å²) in [5, 5.41) is 3.12. The number of hydrogen-bond donors (Lipinski definition) is 0. The van der Waals surface area contributed by atoms with Crippen molar-refractivity contribution in [3.8, 4) is 6.07 Å². The number of likely N-dealkylation sites (N-methyl/N-ethyl adjacent to an activating group) is 1. The third-order valence-electron chi connectivity index (χ3n) is 2.46.